The molecule has 0 amide bonds. The zero-order valence-corrected chi connectivity index (χ0v) is 28.9. The van der Waals surface area contributed by atoms with E-state index in [0.29, 0.717) is 21.5 Å². The molecule has 4 rings (SSSR count). The molecular formula is C33H34ClN3O10S2. The third-order valence-corrected chi connectivity index (χ3v) is 9.53. The van der Waals surface area contributed by atoms with E-state index in [1.54, 1.807) is 18.2 Å². The van der Waals surface area contributed by atoms with Crippen LogP contribution in [0.2, 0.25) is 5.02 Å². The number of halogens is 1. The number of nitrogen functional groups attached to an aromatic ring is 2. The second-order valence-electron chi connectivity index (χ2n) is 9.64. The lowest BCUT2D eigenvalue weighted by atomic mass is 10.1. The molecule has 0 fully saturated rings. The van der Waals surface area contributed by atoms with Gasteiger partial charge in [0.2, 0.25) is 0 Å². The van der Waals surface area contributed by atoms with Crippen molar-refractivity contribution in [3.8, 4) is 11.5 Å². The summed E-state index contributed by atoms with van der Waals surface area (Å²) in [5.41, 5.74) is 13.8. The Morgan fingerprint density at radius 2 is 1.57 bits per heavy atom. The van der Waals surface area contributed by atoms with Gasteiger partial charge >= 0.3 is 17.9 Å². The predicted octanol–water partition coefficient (Wildman–Crippen LogP) is 5.66. The lowest BCUT2D eigenvalue weighted by Gasteiger charge is -2.11. The van der Waals surface area contributed by atoms with E-state index < -0.39 is 27.7 Å². The molecule has 7 N–H and O–H groups in total. The van der Waals surface area contributed by atoms with Crippen molar-refractivity contribution in [2.45, 2.75) is 16.8 Å². The molecule has 0 unspecified atom stereocenters. The van der Waals surface area contributed by atoms with E-state index >= 15 is 0 Å². The van der Waals surface area contributed by atoms with Crippen molar-refractivity contribution in [2.75, 3.05) is 37.2 Å². The van der Waals surface area contributed by atoms with Crippen LogP contribution >= 0.6 is 23.4 Å². The first kappa shape index (κ1) is 39.9. The third-order valence-electron chi connectivity index (χ3n) is 6.28. The smallest absolute Gasteiger partial charge is 0.338 e. The molecule has 0 aliphatic heterocycles. The van der Waals surface area contributed by atoms with Gasteiger partial charge in [0.1, 0.15) is 5.03 Å². The molecule has 13 nitrogen and oxygen atoms in total. The van der Waals surface area contributed by atoms with Crippen LogP contribution < -0.4 is 20.9 Å². The molecule has 1 heterocycles. The number of carbonyl (C=O) groups is 3. The van der Waals surface area contributed by atoms with Crippen molar-refractivity contribution in [3.63, 3.8) is 0 Å². The van der Waals surface area contributed by atoms with Gasteiger partial charge in [-0.05, 0) is 84.8 Å². The highest BCUT2D eigenvalue weighted by atomic mass is 35.5. The quantitative estimate of drug-likeness (QED) is 0.0712. The van der Waals surface area contributed by atoms with Crippen LogP contribution in [0, 0.1) is 6.92 Å². The summed E-state index contributed by atoms with van der Waals surface area (Å²) >= 11 is 6.83. The van der Waals surface area contributed by atoms with Crippen LogP contribution in [0.3, 0.4) is 0 Å². The number of nitrogens with two attached hydrogens (primary N) is 2. The monoisotopic (exact) mass is 731 g/mol. The van der Waals surface area contributed by atoms with Gasteiger partial charge in [0, 0.05) is 28.7 Å². The number of aromatic carboxylic acids is 2. The Morgan fingerprint density at radius 1 is 0.918 bits per heavy atom. The molecule has 0 bridgehead atoms. The fraction of sp³-hybridized carbons (Fsp3) is 0.152. The van der Waals surface area contributed by atoms with E-state index in [1.807, 2.05) is 13.0 Å². The van der Waals surface area contributed by atoms with Gasteiger partial charge in [-0.25, -0.2) is 27.8 Å². The lowest BCUT2D eigenvalue weighted by molar-refractivity contribution is -0.131. The number of aryl methyl sites for hydroxylation is 1. The summed E-state index contributed by atoms with van der Waals surface area (Å²) in [6, 6.07) is 17.1. The van der Waals surface area contributed by atoms with Crippen LogP contribution in [-0.2, 0) is 14.6 Å². The van der Waals surface area contributed by atoms with Gasteiger partial charge < -0.3 is 36.3 Å². The summed E-state index contributed by atoms with van der Waals surface area (Å²) in [4.78, 5) is 36.2. The standard InChI is InChI=1S/C14H12ClNO4S2.C10H11NO2.C9H11NO4/c15-10-3-5-11(6-4-10)22(19,20)9-8-21-13-12(14(17)18)2-1-7-16-13;1-7-6-9(11)4-2-8(7)3-5-10(12)13;1-13-6-4-3-5(9(11)12)7(10)8(6)14-2/h1-7H,8-9H2,(H,17,18);2-6H,11H2,1H3,(H,12,13);3-4H,10H2,1-2H3,(H,11,12). The molecule has 0 aliphatic carbocycles. The lowest BCUT2D eigenvalue weighted by Crippen LogP contribution is -2.09. The highest BCUT2D eigenvalue weighted by molar-refractivity contribution is 8.00. The first-order valence-corrected chi connectivity index (χ1v) is 16.9. The van der Waals surface area contributed by atoms with Crippen molar-refractivity contribution in [3.05, 3.63) is 106 Å². The van der Waals surface area contributed by atoms with Crippen LogP contribution in [0.4, 0.5) is 11.4 Å². The fourth-order valence-electron chi connectivity index (χ4n) is 3.86. The normalized spacial score (nSPS) is 10.6. The van der Waals surface area contributed by atoms with Gasteiger partial charge in [0.05, 0.1) is 41.7 Å². The zero-order valence-electron chi connectivity index (χ0n) is 26.5. The number of thioether (sulfide) groups is 1. The maximum Gasteiger partial charge on any atom is 0.338 e. The number of aliphatic carboxylic acids is 1. The van der Waals surface area contributed by atoms with Gasteiger partial charge in [-0.15, -0.1) is 11.8 Å². The number of hydrogen-bond acceptors (Lipinski definition) is 11. The number of pyridine rings is 1. The second-order valence-corrected chi connectivity index (χ2v) is 13.3. The van der Waals surface area contributed by atoms with Crippen LogP contribution in [0.1, 0.15) is 31.8 Å². The number of rotatable bonds is 11. The zero-order chi connectivity index (χ0) is 36.7. The maximum atomic E-state index is 12.2. The molecule has 1 aromatic heterocycles. The minimum atomic E-state index is -3.43. The molecule has 0 spiro atoms. The van der Waals surface area contributed by atoms with E-state index in [1.165, 1.54) is 68.9 Å². The van der Waals surface area contributed by atoms with Crippen LogP contribution in [0.25, 0.3) is 6.08 Å². The Kier molecular flexibility index (Phi) is 15.4. The van der Waals surface area contributed by atoms with E-state index in [2.05, 4.69) is 4.98 Å². The number of carboxylic acids is 3. The first-order valence-electron chi connectivity index (χ1n) is 13.9. The molecule has 0 aliphatic rings. The van der Waals surface area contributed by atoms with Crippen molar-refractivity contribution >= 4 is 68.6 Å². The van der Waals surface area contributed by atoms with Crippen LogP contribution in [-0.4, -0.2) is 72.4 Å². The summed E-state index contributed by atoms with van der Waals surface area (Å²) < 4.78 is 34.2. The number of anilines is 2. The fourth-order valence-corrected chi connectivity index (χ4v) is 6.62. The van der Waals surface area contributed by atoms with Gasteiger partial charge in [0.25, 0.3) is 0 Å². The number of nitrogens with zero attached hydrogens (tertiary/aromatic N) is 1. The molecule has 49 heavy (non-hydrogen) atoms. The summed E-state index contributed by atoms with van der Waals surface area (Å²) in [7, 11) is -0.576. The Bertz CT molecular complexity index is 1920. The molecule has 0 radical (unpaired) electrons. The highest BCUT2D eigenvalue weighted by Crippen LogP contribution is 2.35. The van der Waals surface area contributed by atoms with Crippen LogP contribution in [0.15, 0.2) is 88.9 Å². The van der Waals surface area contributed by atoms with E-state index in [9.17, 15) is 22.8 Å². The molecule has 16 heteroatoms. The van der Waals surface area contributed by atoms with Gasteiger partial charge in [0.15, 0.2) is 21.3 Å². The molecule has 0 saturated heterocycles. The number of benzene rings is 3. The SMILES string of the molecule is COc1ccc(C(=O)O)c(N)c1OC.Cc1cc(N)ccc1C=CC(=O)O.O=C(O)c1cccnc1SCCS(=O)(=O)c1ccc(Cl)cc1. The Labute approximate surface area is 292 Å². The summed E-state index contributed by atoms with van der Waals surface area (Å²) in [6.45, 7) is 1.89. The van der Waals surface area contributed by atoms with Gasteiger partial charge in [-0.1, -0.05) is 17.7 Å². The van der Waals surface area contributed by atoms with Gasteiger partial charge in [-0.3, -0.25) is 0 Å². The van der Waals surface area contributed by atoms with E-state index in [-0.39, 0.29) is 39.0 Å². The third kappa shape index (κ3) is 12.4. The highest BCUT2D eigenvalue weighted by Gasteiger charge is 2.17. The maximum absolute atomic E-state index is 12.2. The summed E-state index contributed by atoms with van der Waals surface area (Å²) in [5.74, 6) is -2.38. The average molecular weight is 732 g/mol. The van der Waals surface area contributed by atoms with Crippen LogP contribution in [0.5, 0.6) is 11.5 Å². The number of aromatic nitrogens is 1. The number of sulfone groups is 1. The number of methoxy groups -OCH3 is 2. The minimum Gasteiger partial charge on any atom is -0.493 e. The average Bonchev–Trinajstić information content (AvgIpc) is 3.04. The molecule has 0 atom stereocenters. The molecule has 260 valence electrons. The van der Waals surface area contributed by atoms with Gasteiger partial charge in [-0.2, -0.15) is 0 Å². The predicted molar refractivity (Wildman–Crippen MR) is 189 cm³/mol. The topological polar surface area (TPSA) is 229 Å². The molecular weight excluding hydrogens is 698 g/mol. The van der Waals surface area contributed by atoms with Crippen molar-refractivity contribution in [2.24, 2.45) is 0 Å². The molecule has 0 saturated carbocycles. The minimum absolute atomic E-state index is 0.00245. The second kappa shape index (κ2) is 18.9. The number of carboxylic acid groups (broad SMARTS) is 3. The summed E-state index contributed by atoms with van der Waals surface area (Å²) in [5, 5.41) is 27.0. The van der Waals surface area contributed by atoms with E-state index in [4.69, 9.17) is 47.9 Å². The number of ether oxygens (including phenoxy) is 2. The Morgan fingerprint density at radius 3 is 2.12 bits per heavy atom. The van der Waals surface area contributed by atoms with Crippen molar-refractivity contribution in [1.82, 2.24) is 4.98 Å². The molecule has 4 aromatic rings. The van der Waals surface area contributed by atoms with E-state index in [0.717, 1.165) is 29.0 Å². The Balaban J connectivity index is 0.000000269. The largest absolute Gasteiger partial charge is 0.493 e. The van der Waals surface area contributed by atoms with Crippen molar-refractivity contribution in [1.29, 1.82) is 0 Å². The Hall–Kier alpha value is -5.25. The molecule has 3 aromatic carbocycles. The number of hydrogen-bond donors (Lipinski definition) is 5. The first-order chi connectivity index (χ1) is 23.1. The van der Waals surface area contributed by atoms with Crippen molar-refractivity contribution < 1.29 is 47.6 Å². The summed E-state index contributed by atoms with van der Waals surface area (Å²) in [6.07, 6.45) is 4.14.